The van der Waals surface area contributed by atoms with Crippen LogP contribution in [0.2, 0.25) is 0 Å². The molecular formula is C23H28N6O6. The third-order valence-electron chi connectivity index (χ3n) is 6.11. The van der Waals surface area contributed by atoms with Crippen molar-refractivity contribution in [1.82, 2.24) is 15.0 Å². The number of nitrogens with one attached hydrogen (secondary N) is 1. The molecule has 0 saturated carbocycles. The normalized spacial score (nSPS) is 22.4. The molecule has 1 N–H and O–H groups in total. The number of carbonyl (C=O) groups excluding carboxylic acids is 2. The van der Waals surface area contributed by atoms with E-state index in [2.05, 4.69) is 25.2 Å². The molecule has 186 valence electrons. The summed E-state index contributed by atoms with van der Waals surface area (Å²) in [5, 5.41) is 2.84. The highest BCUT2D eigenvalue weighted by molar-refractivity contribution is 6.04. The van der Waals surface area contributed by atoms with E-state index in [-0.39, 0.29) is 24.6 Å². The Kier molecular flexibility index (Phi) is 6.15. The summed E-state index contributed by atoms with van der Waals surface area (Å²) in [5.74, 6) is -0.325. The average molecular weight is 485 g/mol. The van der Waals surface area contributed by atoms with Gasteiger partial charge in [-0.25, -0.2) is 19.6 Å². The molecule has 3 aliphatic rings. The lowest BCUT2D eigenvalue weighted by Crippen LogP contribution is -2.56. The average Bonchev–Trinajstić information content (AvgIpc) is 3.21. The Morgan fingerprint density at radius 2 is 2.14 bits per heavy atom. The van der Waals surface area contributed by atoms with Gasteiger partial charge >= 0.3 is 12.0 Å². The molecule has 0 unspecified atom stereocenters. The molecular weight excluding hydrogens is 456 g/mol. The Hall–Kier alpha value is -3.51. The van der Waals surface area contributed by atoms with Crippen LogP contribution < -0.4 is 19.9 Å². The fourth-order valence-corrected chi connectivity index (χ4v) is 4.53. The number of fused-ring (bicyclic) bond motifs is 4. The molecule has 0 radical (unpaired) electrons. The van der Waals surface area contributed by atoms with Crippen molar-refractivity contribution in [3.8, 4) is 5.88 Å². The van der Waals surface area contributed by atoms with Gasteiger partial charge in [0.1, 0.15) is 18.5 Å². The number of aromatic nitrogens is 3. The van der Waals surface area contributed by atoms with Crippen molar-refractivity contribution >= 4 is 29.3 Å². The van der Waals surface area contributed by atoms with Crippen molar-refractivity contribution in [1.29, 1.82) is 0 Å². The van der Waals surface area contributed by atoms with Gasteiger partial charge in [-0.1, -0.05) is 6.07 Å². The summed E-state index contributed by atoms with van der Waals surface area (Å²) in [6.07, 6.45) is 3.11. The van der Waals surface area contributed by atoms with Crippen molar-refractivity contribution in [2.75, 3.05) is 48.5 Å². The van der Waals surface area contributed by atoms with E-state index in [1.54, 1.807) is 29.3 Å². The summed E-state index contributed by atoms with van der Waals surface area (Å²) >= 11 is 0. The highest BCUT2D eigenvalue weighted by atomic mass is 16.7. The summed E-state index contributed by atoms with van der Waals surface area (Å²) in [6, 6.07) is 4.64. The SMILES string of the molecule is COC(=O)c1ncc2c(n1)N(C(=O)Nc1cccc(OC[C@H]3COC(C)(C)O3)n1)[C@H]1CCCN2C1. The maximum Gasteiger partial charge on any atom is 0.376 e. The maximum absolute atomic E-state index is 13.4. The lowest BCUT2D eigenvalue weighted by atomic mass is 10.0. The number of urea groups is 1. The van der Waals surface area contributed by atoms with E-state index >= 15 is 0 Å². The number of pyridine rings is 1. The molecule has 2 bridgehead atoms. The van der Waals surface area contributed by atoms with Crippen LogP contribution >= 0.6 is 0 Å². The van der Waals surface area contributed by atoms with Crippen molar-refractivity contribution in [2.45, 2.75) is 44.6 Å². The second-order valence-corrected chi connectivity index (χ2v) is 9.06. The number of carbonyl (C=O) groups is 2. The number of piperidine rings is 1. The molecule has 2 fully saturated rings. The lowest BCUT2D eigenvalue weighted by molar-refractivity contribution is -0.141. The zero-order chi connectivity index (χ0) is 24.6. The highest BCUT2D eigenvalue weighted by Gasteiger charge is 2.39. The predicted molar refractivity (Wildman–Crippen MR) is 125 cm³/mol. The third-order valence-corrected chi connectivity index (χ3v) is 6.11. The summed E-state index contributed by atoms with van der Waals surface area (Å²) in [4.78, 5) is 42.1. The number of rotatable bonds is 5. The predicted octanol–water partition coefficient (Wildman–Crippen LogP) is 2.21. The van der Waals surface area contributed by atoms with E-state index in [0.717, 1.165) is 19.4 Å². The van der Waals surface area contributed by atoms with Crippen molar-refractivity contribution in [3.05, 3.63) is 30.2 Å². The fourth-order valence-electron chi connectivity index (χ4n) is 4.53. The van der Waals surface area contributed by atoms with Crippen LogP contribution in [0, 0.1) is 0 Å². The molecule has 5 rings (SSSR count). The minimum atomic E-state index is -0.662. The molecule has 12 nitrogen and oxygen atoms in total. The number of amides is 2. The van der Waals surface area contributed by atoms with E-state index in [1.807, 2.05) is 13.8 Å². The molecule has 0 aliphatic carbocycles. The Bertz CT molecular complexity index is 1130. The number of hydrogen-bond donors (Lipinski definition) is 1. The number of anilines is 3. The van der Waals surface area contributed by atoms with Gasteiger partial charge in [0, 0.05) is 19.2 Å². The first-order chi connectivity index (χ1) is 16.8. The van der Waals surface area contributed by atoms with Gasteiger partial charge in [0.15, 0.2) is 11.6 Å². The second kappa shape index (κ2) is 9.27. The highest BCUT2D eigenvalue weighted by Crippen LogP contribution is 2.37. The monoisotopic (exact) mass is 484 g/mol. The van der Waals surface area contributed by atoms with Crippen molar-refractivity contribution in [3.63, 3.8) is 0 Å². The quantitative estimate of drug-likeness (QED) is 0.631. The Labute approximate surface area is 202 Å². The minimum absolute atomic E-state index is 0.0972. The van der Waals surface area contributed by atoms with E-state index in [4.69, 9.17) is 18.9 Å². The Morgan fingerprint density at radius 3 is 2.91 bits per heavy atom. The van der Waals surface area contributed by atoms with Crippen molar-refractivity contribution in [2.24, 2.45) is 0 Å². The maximum atomic E-state index is 13.4. The molecule has 2 saturated heterocycles. The standard InChI is InChI=1S/C23H28N6O6/c1-23(2)34-13-15(35-23)12-33-18-8-4-7-17(25-18)26-22(31)29-14-6-5-9-28(11-14)16-10-24-19(21(30)32-3)27-20(16)29/h4,7-8,10,14-15H,5-6,9,11-13H2,1-3H3,(H,25,26,31)/t14-,15-/m0/s1. The molecule has 2 atom stereocenters. The summed E-state index contributed by atoms with van der Waals surface area (Å²) in [6.45, 7) is 5.92. The van der Waals surface area contributed by atoms with E-state index in [1.165, 1.54) is 7.11 Å². The van der Waals surface area contributed by atoms with Crippen LogP contribution in [0.3, 0.4) is 0 Å². The summed E-state index contributed by atoms with van der Waals surface area (Å²) in [5.41, 5.74) is 0.704. The van der Waals surface area contributed by atoms with Crippen LogP contribution in [-0.4, -0.2) is 78.3 Å². The van der Waals surface area contributed by atoms with Gasteiger partial charge < -0.3 is 23.8 Å². The van der Waals surface area contributed by atoms with Crippen LogP contribution in [0.15, 0.2) is 24.4 Å². The molecule has 2 aromatic heterocycles. The molecule has 5 heterocycles. The summed E-state index contributed by atoms with van der Waals surface area (Å²) < 4.78 is 21.8. The first-order valence-corrected chi connectivity index (χ1v) is 11.5. The second-order valence-electron chi connectivity index (χ2n) is 9.06. The Balaban J connectivity index is 1.33. The van der Waals surface area contributed by atoms with Crippen LogP contribution in [0.25, 0.3) is 0 Å². The third kappa shape index (κ3) is 4.84. The van der Waals surface area contributed by atoms with Gasteiger partial charge in [-0.2, -0.15) is 4.98 Å². The smallest absolute Gasteiger partial charge is 0.376 e. The molecule has 0 aromatic carbocycles. The summed E-state index contributed by atoms with van der Waals surface area (Å²) in [7, 11) is 1.27. The first kappa shape index (κ1) is 23.2. The molecule has 0 spiro atoms. The van der Waals surface area contributed by atoms with E-state index in [9.17, 15) is 9.59 Å². The van der Waals surface area contributed by atoms with Gasteiger partial charge in [-0.05, 0) is 32.8 Å². The van der Waals surface area contributed by atoms with Crippen LogP contribution in [-0.2, 0) is 14.2 Å². The molecule has 35 heavy (non-hydrogen) atoms. The first-order valence-electron chi connectivity index (χ1n) is 11.5. The molecule has 2 aromatic rings. The van der Waals surface area contributed by atoms with E-state index < -0.39 is 17.8 Å². The lowest BCUT2D eigenvalue weighted by Gasteiger charge is -2.45. The number of esters is 1. The molecule has 12 heteroatoms. The topological polar surface area (TPSA) is 128 Å². The fraction of sp³-hybridized carbons (Fsp3) is 0.522. The van der Waals surface area contributed by atoms with Gasteiger partial charge in [0.25, 0.3) is 0 Å². The number of nitrogens with zero attached hydrogens (tertiary/aromatic N) is 5. The zero-order valence-corrected chi connectivity index (χ0v) is 19.9. The minimum Gasteiger partial charge on any atom is -0.475 e. The van der Waals surface area contributed by atoms with Crippen LogP contribution in [0.5, 0.6) is 5.88 Å². The van der Waals surface area contributed by atoms with Crippen LogP contribution in [0.1, 0.15) is 37.3 Å². The van der Waals surface area contributed by atoms with Gasteiger partial charge in [0.05, 0.1) is 31.6 Å². The zero-order valence-electron chi connectivity index (χ0n) is 19.9. The molecule has 2 amide bonds. The number of ether oxygens (including phenoxy) is 4. The largest absolute Gasteiger partial charge is 0.475 e. The van der Waals surface area contributed by atoms with Gasteiger partial charge in [0.2, 0.25) is 11.7 Å². The van der Waals surface area contributed by atoms with Crippen LogP contribution in [0.4, 0.5) is 22.1 Å². The molecule has 3 aliphatic heterocycles. The van der Waals surface area contributed by atoms with Gasteiger partial charge in [-0.3, -0.25) is 10.2 Å². The van der Waals surface area contributed by atoms with E-state index in [0.29, 0.717) is 36.4 Å². The Morgan fingerprint density at radius 1 is 1.29 bits per heavy atom. The number of methoxy groups -OCH3 is 1. The van der Waals surface area contributed by atoms with Crippen molar-refractivity contribution < 1.29 is 28.5 Å². The number of hydrogen-bond acceptors (Lipinski definition) is 10. The van der Waals surface area contributed by atoms with Gasteiger partial charge in [-0.15, -0.1) is 0 Å².